The van der Waals surface area contributed by atoms with Crippen LogP contribution in [-0.4, -0.2) is 40.9 Å². The van der Waals surface area contributed by atoms with Crippen LogP contribution < -0.4 is 5.73 Å². The largest absolute Gasteiger partial charge is 0.462 e. The van der Waals surface area contributed by atoms with Crippen LogP contribution in [0.15, 0.2) is 23.8 Å². The Hall–Kier alpha value is -1.66. The summed E-state index contributed by atoms with van der Waals surface area (Å²) in [6, 6.07) is 0. The van der Waals surface area contributed by atoms with Crippen molar-refractivity contribution in [2.45, 2.75) is 97.0 Å². The van der Waals surface area contributed by atoms with E-state index in [-0.39, 0.29) is 42.2 Å². The van der Waals surface area contributed by atoms with E-state index in [1.54, 1.807) is 0 Å². The normalized spacial score (nSPS) is 38.2. The fraction of sp³-hybridized carbons (Fsp3) is 0.760. The van der Waals surface area contributed by atoms with Crippen LogP contribution in [0.2, 0.25) is 0 Å². The number of esters is 2. The summed E-state index contributed by atoms with van der Waals surface area (Å²) < 4.78 is 11.6. The Bertz CT molecular complexity index is 757. The third-order valence-corrected chi connectivity index (χ3v) is 7.63. The molecule has 0 amide bonds. The standard InChI is InChI=1S/C25H39NO5/c1-6-24(4,5)23(29)31-21-12-15(2)11-17-8-7-16(3)20(25(17,21)26)10-9-19-13-18(27)14-22(28)30-19/h7-8,11,15-16,18-21,27H,6,9-10,12-14,26H2,1-5H3/t15-,16-,18+,19?,20-,21-,25+/m0/s1. The molecule has 1 fully saturated rings. The van der Waals surface area contributed by atoms with Gasteiger partial charge in [0.05, 0.1) is 23.5 Å². The second-order valence-electron chi connectivity index (χ2n) is 10.5. The van der Waals surface area contributed by atoms with Crippen molar-refractivity contribution >= 4 is 11.9 Å². The van der Waals surface area contributed by atoms with Crippen molar-refractivity contribution < 1.29 is 24.2 Å². The molecule has 3 aliphatic rings. The molecule has 3 N–H and O–H groups in total. The second kappa shape index (κ2) is 9.07. The van der Waals surface area contributed by atoms with E-state index in [9.17, 15) is 14.7 Å². The number of hydrogen-bond donors (Lipinski definition) is 2. The van der Waals surface area contributed by atoms with Crippen LogP contribution in [-0.2, 0) is 19.1 Å². The Kier molecular flexibility index (Phi) is 7.02. The highest BCUT2D eigenvalue weighted by Gasteiger charge is 2.52. The van der Waals surface area contributed by atoms with Gasteiger partial charge in [0, 0.05) is 6.42 Å². The van der Waals surface area contributed by atoms with Crippen LogP contribution in [0.5, 0.6) is 0 Å². The van der Waals surface area contributed by atoms with Gasteiger partial charge in [-0.25, -0.2) is 0 Å². The molecule has 174 valence electrons. The smallest absolute Gasteiger partial charge is 0.311 e. The van der Waals surface area contributed by atoms with Crippen molar-refractivity contribution in [2.75, 3.05) is 0 Å². The van der Waals surface area contributed by atoms with E-state index in [1.165, 1.54) is 0 Å². The zero-order valence-corrected chi connectivity index (χ0v) is 19.6. The summed E-state index contributed by atoms with van der Waals surface area (Å²) in [5.41, 5.74) is 6.85. The summed E-state index contributed by atoms with van der Waals surface area (Å²) in [5.74, 6) is -0.0499. The summed E-state index contributed by atoms with van der Waals surface area (Å²) in [5, 5.41) is 9.94. The molecule has 0 aromatic heterocycles. The lowest BCUT2D eigenvalue weighted by molar-refractivity contribution is -0.167. The molecule has 1 unspecified atom stereocenters. The maximum atomic E-state index is 13.0. The van der Waals surface area contributed by atoms with Gasteiger partial charge in [-0.2, -0.15) is 0 Å². The van der Waals surface area contributed by atoms with Gasteiger partial charge in [-0.05, 0) is 62.9 Å². The molecule has 1 aliphatic heterocycles. The molecular formula is C25H39NO5. The van der Waals surface area contributed by atoms with E-state index in [1.807, 2.05) is 20.8 Å². The quantitative estimate of drug-likeness (QED) is 0.620. The first-order chi connectivity index (χ1) is 14.5. The minimum absolute atomic E-state index is 0.0385. The van der Waals surface area contributed by atoms with Crippen molar-refractivity contribution in [3.8, 4) is 0 Å². The number of carbonyl (C=O) groups excluding carboxylic acids is 2. The van der Waals surface area contributed by atoms with Crippen molar-refractivity contribution in [1.29, 1.82) is 0 Å². The van der Waals surface area contributed by atoms with Crippen molar-refractivity contribution in [1.82, 2.24) is 0 Å². The molecule has 0 radical (unpaired) electrons. The first kappa shape index (κ1) is 24.0. The van der Waals surface area contributed by atoms with Gasteiger partial charge >= 0.3 is 11.9 Å². The molecule has 6 heteroatoms. The Labute approximate surface area is 186 Å². The van der Waals surface area contributed by atoms with Crippen molar-refractivity contribution in [2.24, 2.45) is 28.9 Å². The highest BCUT2D eigenvalue weighted by Crippen LogP contribution is 2.47. The molecule has 0 spiro atoms. The van der Waals surface area contributed by atoms with Crippen LogP contribution in [0.25, 0.3) is 0 Å². The van der Waals surface area contributed by atoms with E-state index in [2.05, 4.69) is 32.1 Å². The highest BCUT2D eigenvalue weighted by molar-refractivity contribution is 5.76. The lowest BCUT2D eigenvalue weighted by atomic mass is 9.60. The second-order valence-corrected chi connectivity index (χ2v) is 10.5. The summed E-state index contributed by atoms with van der Waals surface area (Å²) in [7, 11) is 0. The molecule has 0 aromatic carbocycles. The molecule has 0 bridgehead atoms. The summed E-state index contributed by atoms with van der Waals surface area (Å²) in [4.78, 5) is 24.7. The zero-order chi connectivity index (χ0) is 23.0. The first-order valence-corrected chi connectivity index (χ1v) is 11.7. The maximum Gasteiger partial charge on any atom is 0.311 e. The average molecular weight is 434 g/mol. The average Bonchev–Trinajstić information content (AvgIpc) is 2.68. The van der Waals surface area contributed by atoms with Crippen molar-refractivity contribution in [3.05, 3.63) is 23.8 Å². The van der Waals surface area contributed by atoms with E-state index < -0.39 is 23.2 Å². The van der Waals surface area contributed by atoms with Crippen LogP contribution in [0.3, 0.4) is 0 Å². The molecule has 1 saturated heterocycles. The first-order valence-electron chi connectivity index (χ1n) is 11.7. The Morgan fingerprint density at radius 2 is 2.03 bits per heavy atom. The van der Waals surface area contributed by atoms with Crippen LogP contribution in [0.4, 0.5) is 0 Å². The van der Waals surface area contributed by atoms with Gasteiger partial charge in [0.15, 0.2) is 0 Å². The molecule has 0 aromatic rings. The Morgan fingerprint density at radius 3 is 2.68 bits per heavy atom. The third-order valence-electron chi connectivity index (χ3n) is 7.63. The monoisotopic (exact) mass is 433 g/mol. The highest BCUT2D eigenvalue weighted by atomic mass is 16.6. The predicted octanol–water partition coefficient (Wildman–Crippen LogP) is 3.67. The number of allylic oxidation sites excluding steroid dienone is 2. The van der Waals surface area contributed by atoms with E-state index in [0.29, 0.717) is 25.7 Å². The molecule has 2 aliphatic carbocycles. The lowest BCUT2D eigenvalue weighted by Crippen LogP contribution is -2.63. The molecule has 6 nitrogen and oxygen atoms in total. The van der Waals surface area contributed by atoms with Gasteiger partial charge in [0.1, 0.15) is 12.2 Å². The molecule has 0 saturated carbocycles. The number of ether oxygens (including phenoxy) is 2. The minimum Gasteiger partial charge on any atom is -0.462 e. The number of aliphatic hydroxyl groups excluding tert-OH is 1. The van der Waals surface area contributed by atoms with Gasteiger partial charge in [-0.1, -0.05) is 39.0 Å². The Morgan fingerprint density at radius 1 is 1.32 bits per heavy atom. The number of aliphatic hydroxyl groups is 1. The molecular weight excluding hydrogens is 394 g/mol. The summed E-state index contributed by atoms with van der Waals surface area (Å²) in [6.07, 6.45) is 8.40. The fourth-order valence-electron chi connectivity index (χ4n) is 5.20. The van der Waals surface area contributed by atoms with Gasteiger partial charge in [0.25, 0.3) is 0 Å². The van der Waals surface area contributed by atoms with E-state index in [0.717, 1.165) is 12.0 Å². The van der Waals surface area contributed by atoms with Gasteiger partial charge < -0.3 is 20.3 Å². The van der Waals surface area contributed by atoms with Gasteiger partial charge in [-0.3, -0.25) is 9.59 Å². The summed E-state index contributed by atoms with van der Waals surface area (Å²) in [6.45, 7) is 10.1. The molecule has 3 rings (SSSR count). The lowest BCUT2D eigenvalue weighted by Gasteiger charge is -2.51. The molecule has 7 atom stereocenters. The molecule has 31 heavy (non-hydrogen) atoms. The number of carbonyl (C=O) groups is 2. The third kappa shape index (κ3) is 4.90. The summed E-state index contributed by atoms with van der Waals surface area (Å²) >= 11 is 0. The topological polar surface area (TPSA) is 98.8 Å². The van der Waals surface area contributed by atoms with Crippen LogP contribution >= 0.6 is 0 Å². The van der Waals surface area contributed by atoms with Gasteiger partial charge in [-0.15, -0.1) is 0 Å². The number of fused-ring (bicyclic) bond motifs is 1. The fourth-order valence-corrected chi connectivity index (χ4v) is 5.20. The Balaban J connectivity index is 1.84. The molecule has 1 heterocycles. The van der Waals surface area contributed by atoms with Gasteiger partial charge in [0.2, 0.25) is 0 Å². The predicted molar refractivity (Wildman–Crippen MR) is 119 cm³/mol. The van der Waals surface area contributed by atoms with Crippen LogP contribution in [0.1, 0.15) is 73.1 Å². The number of rotatable bonds is 6. The van der Waals surface area contributed by atoms with E-state index >= 15 is 0 Å². The zero-order valence-electron chi connectivity index (χ0n) is 19.6. The van der Waals surface area contributed by atoms with Crippen LogP contribution in [0, 0.1) is 23.2 Å². The number of nitrogens with two attached hydrogens (primary N) is 1. The maximum absolute atomic E-state index is 13.0. The SMILES string of the molecule is CCC(C)(C)C(=O)O[C@H]1C[C@@H](C)C=C2C=C[C@H](C)[C@H](CCC3C[C@@H](O)CC(=O)O3)[C@]21N. The van der Waals surface area contributed by atoms with Crippen molar-refractivity contribution in [3.63, 3.8) is 0 Å². The van der Waals surface area contributed by atoms with E-state index in [4.69, 9.17) is 15.2 Å². The minimum atomic E-state index is -0.780. The number of hydrogen-bond acceptors (Lipinski definition) is 6. The number of cyclic esters (lactones) is 1.